The summed E-state index contributed by atoms with van der Waals surface area (Å²) in [7, 11) is 0. The Labute approximate surface area is 80.4 Å². The first-order chi connectivity index (χ1) is 5.65. The van der Waals surface area contributed by atoms with Crippen molar-refractivity contribution in [2.45, 2.75) is 12.3 Å². The number of thiocarbonyl (C=S) groups is 1. The molecule has 0 radical (unpaired) electrons. The highest BCUT2D eigenvalue weighted by Gasteiger charge is 2.23. The zero-order valence-electron chi connectivity index (χ0n) is 6.56. The highest BCUT2D eigenvalue weighted by atomic mass is 32.2. The van der Waals surface area contributed by atoms with E-state index in [4.69, 9.17) is 17.3 Å². The van der Waals surface area contributed by atoms with Crippen molar-refractivity contribution in [3.63, 3.8) is 0 Å². The lowest BCUT2D eigenvalue weighted by atomic mass is 10.4. The van der Waals surface area contributed by atoms with Gasteiger partial charge in [-0.2, -0.15) is 0 Å². The highest BCUT2D eigenvalue weighted by Crippen LogP contribution is 2.28. The van der Waals surface area contributed by atoms with Crippen molar-refractivity contribution < 1.29 is 9.90 Å². The Morgan fingerprint density at radius 3 is 3.17 bits per heavy atom. The molecule has 1 heterocycles. The lowest BCUT2D eigenvalue weighted by molar-refractivity contribution is -0.137. The fourth-order valence-corrected chi connectivity index (χ4v) is 2.24. The SMILES string of the molecule is CC1=CSC(C=S)N1CC(=O)O. The van der Waals surface area contributed by atoms with E-state index in [0.29, 0.717) is 0 Å². The first-order valence-electron chi connectivity index (χ1n) is 3.41. The number of carbonyl (C=O) groups is 1. The number of thioether (sulfide) groups is 1. The molecule has 1 rings (SSSR count). The minimum absolute atomic E-state index is 0.0103. The second-order valence-corrected chi connectivity index (χ2v) is 3.71. The molecule has 0 aromatic rings. The van der Waals surface area contributed by atoms with E-state index in [1.165, 1.54) is 0 Å². The summed E-state index contributed by atoms with van der Waals surface area (Å²) in [5, 5.41) is 12.1. The zero-order valence-corrected chi connectivity index (χ0v) is 8.19. The Morgan fingerprint density at radius 2 is 2.67 bits per heavy atom. The number of aliphatic carboxylic acids is 1. The highest BCUT2D eigenvalue weighted by molar-refractivity contribution is 8.04. The van der Waals surface area contributed by atoms with Crippen LogP contribution in [0.5, 0.6) is 0 Å². The lowest BCUT2D eigenvalue weighted by Gasteiger charge is -2.22. The Morgan fingerprint density at radius 1 is 2.00 bits per heavy atom. The van der Waals surface area contributed by atoms with Crippen LogP contribution >= 0.6 is 24.0 Å². The number of hydrogen-bond acceptors (Lipinski definition) is 4. The van der Waals surface area contributed by atoms with Gasteiger partial charge in [0.05, 0.1) is 0 Å². The molecule has 5 heteroatoms. The van der Waals surface area contributed by atoms with Gasteiger partial charge in [-0.15, -0.1) is 11.8 Å². The molecule has 0 amide bonds. The summed E-state index contributed by atoms with van der Waals surface area (Å²) in [4.78, 5) is 12.2. The quantitative estimate of drug-likeness (QED) is 0.700. The van der Waals surface area contributed by atoms with Gasteiger partial charge in [0.15, 0.2) is 0 Å². The predicted molar refractivity (Wildman–Crippen MR) is 53.1 cm³/mol. The van der Waals surface area contributed by atoms with Crippen LogP contribution in [0.4, 0.5) is 0 Å². The molecule has 0 aromatic heterocycles. The van der Waals surface area contributed by atoms with E-state index in [2.05, 4.69) is 0 Å². The topological polar surface area (TPSA) is 40.5 Å². The van der Waals surface area contributed by atoms with Gasteiger partial charge < -0.3 is 10.0 Å². The standard InChI is InChI=1S/C7H9NO2S2/c1-5-4-12-6(3-11)8(5)2-7(9)10/h3-4,6H,2H2,1H3,(H,9,10). The Balaban J connectivity index is 2.64. The summed E-state index contributed by atoms with van der Waals surface area (Å²) < 4.78 is 0. The monoisotopic (exact) mass is 203 g/mol. The van der Waals surface area contributed by atoms with Crippen molar-refractivity contribution in [2.75, 3.05) is 6.54 Å². The molecule has 1 aliphatic heterocycles. The van der Waals surface area contributed by atoms with Gasteiger partial charge in [0.1, 0.15) is 11.9 Å². The third-order valence-corrected chi connectivity index (χ3v) is 3.14. The summed E-state index contributed by atoms with van der Waals surface area (Å²) in [6.07, 6.45) is 0. The molecule has 12 heavy (non-hydrogen) atoms. The van der Waals surface area contributed by atoms with Crippen molar-refractivity contribution in [2.24, 2.45) is 0 Å². The van der Waals surface area contributed by atoms with Crippen LogP contribution in [-0.2, 0) is 4.79 Å². The molecular formula is C7H9NO2S2. The third kappa shape index (κ3) is 1.98. The number of rotatable bonds is 3. The first kappa shape index (κ1) is 9.54. The third-order valence-electron chi connectivity index (χ3n) is 1.56. The average Bonchev–Trinajstić information content (AvgIpc) is 2.32. The van der Waals surface area contributed by atoms with Crippen LogP contribution in [0.1, 0.15) is 6.92 Å². The van der Waals surface area contributed by atoms with Crippen LogP contribution in [0.3, 0.4) is 0 Å². The zero-order chi connectivity index (χ0) is 9.14. The largest absolute Gasteiger partial charge is 0.480 e. The van der Waals surface area contributed by atoms with Crippen molar-refractivity contribution in [1.82, 2.24) is 4.90 Å². The van der Waals surface area contributed by atoms with Gasteiger partial charge in [-0.1, -0.05) is 12.2 Å². The summed E-state index contributed by atoms with van der Waals surface area (Å²) >= 11 is 6.32. The first-order valence-corrected chi connectivity index (χ1v) is 4.82. The summed E-state index contributed by atoms with van der Waals surface area (Å²) in [5.74, 6) is -0.827. The van der Waals surface area contributed by atoms with Crippen molar-refractivity contribution in [3.05, 3.63) is 11.1 Å². The van der Waals surface area contributed by atoms with E-state index in [9.17, 15) is 4.79 Å². The van der Waals surface area contributed by atoms with E-state index >= 15 is 0 Å². The minimum atomic E-state index is -0.827. The maximum atomic E-state index is 10.4. The average molecular weight is 203 g/mol. The number of carboxylic acid groups (broad SMARTS) is 1. The number of hydrogen-bond donors (Lipinski definition) is 1. The van der Waals surface area contributed by atoms with Gasteiger partial charge in [-0.05, 0) is 12.3 Å². The van der Waals surface area contributed by atoms with E-state index < -0.39 is 5.97 Å². The summed E-state index contributed by atoms with van der Waals surface area (Å²) in [6, 6.07) is 0. The van der Waals surface area contributed by atoms with Gasteiger partial charge in [0.2, 0.25) is 0 Å². The van der Waals surface area contributed by atoms with Crippen LogP contribution in [0.25, 0.3) is 0 Å². The van der Waals surface area contributed by atoms with E-state index in [-0.39, 0.29) is 11.9 Å². The number of nitrogens with zero attached hydrogens (tertiary/aromatic N) is 1. The Hall–Kier alpha value is -0.550. The molecule has 1 unspecified atom stereocenters. The second-order valence-electron chi connectivity index (χ2n) is 2.44. The van der Waals surface area contributed by atoms with Crippen LogP contribution < -0.4 is 0 Å². The van der Waals surface area contributed by atoms with Crippen molar-refractivity contribution in [3.8, 4) is 0 Å². The predicted octanol–water partition coefficient (Wildman–Crippen LogP) is 1.31. The molecule has 0 fully saturated rings. The van der Waals surface area contributed by atoms with E-state index in [0.717, 1.165) is 5.70 Å². The molecule has 0 aliphatic carbocycles. The van der Waals surface area contributed by atoms with Gasteiger partial charge in [-0.25, -0.2) is 0 Å². The molecule has 1 aliphatic rings. The van der Waals surface area contributed by atoms with Gasteiger partial charge in [0, 0.05) is 11.1 Å². The molecule has 0 saturated heterocycles. The van der Waals surface area contributed by atoms with Crippen molar-refractivity contribution in [1.29, 1.82) is 0 Å². The van der Waals surface area contributed by atoms with Gasteiger partial charge in [0.25, 0.3) is 0 Å². The molecule has 0 bridgehead atoms. The fourth-order valence-electron chi connectivity index (χ4n) is 0.976. The maximum Gasteiger partial charge on any atom is 0.323 e. The Bertz CT molecular complexity index is 240. The minimum Gasteiger partial charge on any atom is -0.480 e. The van der Waals surface area contributed by atoms with Crippen LogP contribution in [0.2, 0.25) is 0 Å². The van der Waals surface area contributed by atoms with Crippen LogP contribution in [0, 0.1) is 0 Å². The van der Waals surface area contributed by atoms with Gasteiger partial charge >= 0.3 is 5.97 Å². The van der Waals surface area contributed by atoms with Crippen LogP contribution in [-0.4, -0.2) is 33.3 Å². The molecule has 0 spiro atoms. The van der Waals surface area contributed by atoms with E-state index in [1.54, 1.807) is 22.0 Å². The maximum absolute atomic E-state index is 10.4. The summed E-state index contributed by atoms with van der Waals surface area (Å²) in [5.41, 5.74) is 0.966. The van der Waals surface area contributed by atoms with Crippen molar-refractivity contribution >= 4 is 35.3 Å². The molecule has 1 atom stereocenters. The number of carboxylic acids is 1. The lowest BCUT2D eigenvalue weighted by Crippen LogP contribution is -2.33. The van der Waals surface area contributed by atoms with Gasteiger partial charge in [-0.3, -0.25) is 4.79 Å². The molecular weight excluding hydrogens is 194 g/mol. The van der Waals surface area contributed by atoms with E-state index in [1.807, 2.05) is 12.3 Å². The number of allylic oxidation sites excluding steroid dienone is 1. The Kier molecular flexibility index (Phi) is 3.11. The normalized spacial score (nSPS) is 22.2. The molecule has 1 N–H and O–H groups in total. The summed E-state index contributed by atoms with van der Waals surface area (Å²) in [6.45, 7) is 1.90. The molecule has 3 nitrogen and oxygen atoms in total. The second kappa shape index (κ2) is 3.91. The fraction of sp³-hybridized carbons (Fsp3) is 0.429. The van der Waals surface area contributed by atoms with Crippen LogP contribution in [0.15, 0.2) is 11.1 Å². The smallest absolute Gasteiger partial charge is 0.323 e. The molecule has 0 aromatic carbocycles. The molecule has 0 saturated carbocycles. The molecule has 66 valence electrons.